The van der Waals surface area contributed by atoms with E-state index < -0.39 is 0 Å². The van der Waals surface area contributed by atoms with Crippen LogP contribution in [0.1, 0.15) is 24.3 Å². The van der Waals surface area contributed by atoms with E-state index in [1.807, 2.05) is 13.0 Å². The quantitative estimate of drug-likeness (QED) is 0.551. The molecule has 2 aliphatic rings. The van der Waals surface area contributed by atoms with Gasteiger partial charge in [0.2, 0.25) is 5.91 Å². The monoisotopic (exact) mass is 392 g/mol. The van der Waals surface area contributed by atoms with Gasteiger partial charge in [0.25, 0.3) is 0 Å². The molecule has 2 saturated heterocycles. The number of likely N-dealkylation sites (N-methyl/N-ethyl adjacent to an activating group) is 1. The number of aliphatic imine (C=N–C) groups is 1. The van der Waals surface area contributed by atoms with Crippen LogP contribution in [0.5, 0.6) is 0 Å². The van der Waals surface area contributed by atoms with Crippen LogP contribution >= 0.6 is 0 Å². The number of nitrogens with one attached hydrogen (secondary N) is 1. The number of nitrogens with zero attached hydrogens (tertiary/aromatic N) is 5. The van der Waals surface area contributed by atoms with E-state index in [1.165, 1.54) is 0 Å². The van der Waals surface area contributed by atoms with Crippen LogP contribution in [0.2, 0.25) is 0 Å². The lowest BCUT2D eigenvalue weighted by atomic mass is 10.2. The summed E-state index contributed by atoms with van der Waals surface area (Å²) in [5.41, 5.74) is 0.966. The molecular formula is C19H32N6O3. The smallest absolute Gasteiger partial charge is 0.243 e. The lowest BCUT2D eigenvalue weighted by molar-refractivity contribution is -0.127. The van der Waals surface area contributed by atoms with Crippen molar-refractivity contribution in [1.29, 1.82) is 0 Å². The maximum Gasteiger partial charge on any atom is 0.243 e. The van der Waals surface area contributed by atoms with E-state index in [4.69, 9.17) is 9.26 Å². The molecule has 1 aromatic rings. The summed E-state index contributed by atoms with van der Waals surface area (Å²) in [7, 11) is 3.50. The Labute approximate surface area is 166 Å². The van der Waals surface area contributed by atoms with Gasteiger partial charge in [-0.25, -0.2) is 4.99 Å². The van der Waals surface area contributed by atoms with Crippen LogP contribution < -0.4 is 5.32 Å². The molecular weight excluding hydrogens is 360 g/mol. The third kappa shape index (κ3) is 5.93. The van der Waals surface area contributed by atoms with Crippen molar-refractivity contribution in [1.82, 2.24) is 25.2 Å². The highest BCUT2D eigenvalue weighted by atomic mass is 16.5. The summed E-state index contributed by atoms with van der Waals surface area (Å²) in [4.78, 5) is 22.7. The van der Waals surface area contributed by atoms with Crippen LogP contribution in [0.25, 0.3) is 0 Å². The molecule has 1 amide bonds. The summed E-state index contributed by atoms with van der Waals surface area (Å²) in [6.45, 7) is 7.94. The normalized spacial score (nSPS) is 21.2. The van der Waals surface area contributed by atoms with Gasteiger partial charge in [-0.05, 0) is 19.8 Å². The number of amides is 1. The van der Waals surface area contributed by atoms with Gasteiger partial charge in [0.05, 0.1) is 11.8 Å². The molecule has 1 unspecified atom stereocenters. The predicted molar refractivity (Wildman–Crippen MR) is 106 cm³/mol. The fourth-order valence-corrected chi connectivity index (χ4v) is 3.40. The molecule has 9 nitrogen and oxygen atoms in total. The van der Waals surface area contributed by atoms with Crippen molar-refractivity contribution < 1.29 is 14.1 Å². The Morgan fingerprint density at radius 3 is 2.75 bits per heavy atom. The van der Waals surface area contributed by atoms with E-state index in [-0.39, 0.29) is 18.6 Å². The van der Waals surface area contributed by atoms with E-state index in [0.29, 0.717) is 0 Å². The Balaban J connectivity index is 1.54. The van der Waals surface area contributed by atoms with Gasteiger partial charge < -0.3 is 24.4 Å². The third-order valence-electron chi connectivity index (χ3n) is 5.11. The number of aryl methyl sites for hydroxylation is 1. The number of piperazine rings is 1. The molecule has 0 radical (unpaired) electrons. The van der Waals surface area contributed by atoms with Crippen molar-refractivity contribution >= 4 is 11.9 Å². The highest BCUT2D eigenvalue weighted by Crippen LogP contribution is 2.12. The van der Waals surface area contributed by atoms with Crippen LogP contribution in [0.3, 0.4) is 0 Å². The number of aromatic nitrogens is 1. The lowest BCUT2D eigenvalue weighted by Crippen LogP contribution is -2.53. The molecule has 0 spiro atoms. The Hall–Kier alpha value is -2.13. The molecule has 2 aliphatic heterocycles. The minimum Gasteiger partial charge on any atom is -0.376 e. The largest absolute Gasteiger partial charge is 0.376 e. The molecule has 1 atom stereocenters. The van der Waals surface area contributed by atoms with Crippen molar-refractivity contribution in [2.45, 2.75) is 32.4 Å². The van der Waals surface area contributed by atoms with Gasteiger partial charge in [-0.3, -0.25) is 9.69 Å². The Kier molecular flexibility index (Phi) is 7.27. The van der Waals surface area contributed by atoms with Crippen LogP contribution in [0.4, 0.5) is 0 Å². The van der Waals surface area contributed by atoms with Gasteiger partial charge in [-0.15, -0.1) is 0 Å². The maximum atomic E-state index is 12.0. The highest BCUT2D eigenvalue weighted by Gasteiger charge is 2.23. The predicted octanol–water partition coefficient (Wildman–Crippen LogP) is 0.313. The van der Waals surface area contributed by atoms with Gasteiger partial charge >= 0.3 is 0 Å². The van der Waals surface area contributed by atoms with E-state index in [1.54, 1.807) is 19.0 Å². The number of carbonyl (C=O) groups excluding carboxylic acids is 1. The molecule has 0 saturated carbocycles. The summed E-state index contributed by atoms with van der Waals surface area (Å²) in [6, 6.07) is 1.98. The number of rotatable bonds is 6. The zero-order valence-electron chi connectivity index (χ0n) is 17.2. The number of guanidine groups is 1. The highest BCUT2D eigenvalue weighted by molar-refractivity contribution is 5.85. The molecule has 2 fully saturated rings. The molecule has 1 aromatic heterocycles. The van der Waals surface area contributed by atoms with Crippen molar-refractivity contribution in [3.63, 3.8) is 0 Å². The number of hydrogen-bond acceptors (Lipinski definition) is 6. The number of ether oxygens (including phenoxy) is 1. The Morgan fingerprint density at radius 1 is 1.36 bits per heavy atom. The second-order valence-corrected chi connectivity index (χ2v) is 7.64. The SMILES string of the molecule is Cc1cc(CN2CCN(C(=NCC(=O)N(C)C)NCC3CCCO3)CC2)no1. The zero-order valence-corrected chi connectivity index (χ0v) is 17.2. The molecule has 28 heavy (non-hydrogen) atoms. The zero-order chi connectivity index (χ0) is 19.9. The molecule has 156 valence electrons. The maximum absolute atomic E-state index is 12.0. The minimum absolute atomic E-state index is 0.00328. The topological polar surface area (TPSA) is 86.4 Å². The second kappa shape index (κ2) is 9.88. The molecule has 3 rings (SSSR count). The van der Waals surface area contributed by atoms with Gasteiger partial charge in [0.1, 0.15) is 12.3 Å². The molecule has 0 aromatic carbocycles. The average molecular weight is 393 g/mol. The average Bonchev–Trinajstić information content (AvgIpc) is 3.34. The van der Waals surface area contributed by atoms with Crippen molar-refractivity contribution in [3.05, 3.63) is 17.5 Å². The molecule has 3 heterocycles. The van der Waals surface area contributed by atoms with Crippen LogP contribution in [-0.2, 0) is 16.1 Å². The molecule has 1 N–H and O–H groups in total. The number of hydrogen-bond donors (Lipinski definition) is 1. The minimum atomic E-state index is -0.00328. The first-order valence-electron chi connectivity index (χ1n) is 10.0. The molecule has 9 heteroatoms. The van der Waals surface area contributed by atoms with Crippen molar-refractivity contribution in [3.8, 4) is 0 Å². The van der Waals surface area contributed by atoms with Gasteiger partial charge in [0.15, 0.2) is 5.96 Å². The van der Waals surface area contributed by atoms with Gasteiger partial charge in [-0.1, -0.05) is 5.16 Å². The fourth-order valence-electron chi connectivity index (χ4n) is 3.40. The van der Waals surface area contributed by atoms with Gasteiger partial charge in [0, 0.05) is 66.0 Å². The summed E-state index contributed by atoms with van der Waals surface area (Å²) in [5.74, 6) is 1.63. The first-order chi connectivity index (χ1) is 13.5. The van der Waals surface area contributed by atoms with E-state index in [2.05, 4.69) is 25.3 Å². The second-order valence-electron chi connectivity index (χ2n) is 7.64. The molecule has 0 aliphatic carbocycles. The first kappa shape index (κ1) is 20.6. The van der Waals surface area contributed by atoms with Crippen LogP contribution in [0, 0.1) is 6.92 Å². The summed E-state index contributed by atoms with van der Waals surface area (Å²) in [6.07, 6.45) is 2.41. The van der Waals surface area contributed by atoms with E-state index in [9.17, 15) is 4.79 Å². The number of carbonyl (C=O) groups is 1. The van der Waals surface area contributed by atoms with E-state index in [0.717, 1.165) is 76.1 Å². The fraction of sp³-hybridized carbons (Fsp3) is 0.737. The Morgan fingerprint density at radius 2 is 2.14 bits per heavy atom. The van der Waals surface area contributed by atoms with E-state index >= 15 is 0 Å². The summed E-state index contributed by atoms with van der Waals surface area (Å²) >= 11 is 0. The standard InChI is InChI=1S/C19H32N6O3/c1-15-11-16(22-28-15)14-24-6-8-25(9-7-24)19(21-13-18(26)23(2)3)20-12-17-5-4-10-27-17/h11,17H,4-10,12-14H2,1-3H3,(H,20,21). The Bertz CT molecular complexity index is 660. The van der Waals surface area contributed by atoms with Crippen molar-refractivity contribution in [2.24, 2.45) is 4.99 Å². The first-order valence-corrected chi connectivity index (χ1v) is 10.0. The molecule has 0 bridgehead atoms. The summed E-state index contributed by atoms with van der Waals surface area (Å²) < 4.78 is 10.9. The van der Waals surface area contributed by atoms with Crippen LogP contribution in [0.15, 0.2) is 15.6 Å². The van der Waals surface area contributed by atoms with Crippen LogP contribution in [-0.4, -0.2) is 97.8 Å². The van der Waals surface area contributed by atoms with Gasteiger partial charge in [-0.2, -0.15) is 0 Å². The lowest BCUT2D eigenvalue weighted by Gasteiger charge is -2.36. The summed E-state index contributed by atoms with van der Waals surface area (Å²) in [5, 5.41) is 7.51. The third-order valence-corrected chi connectivity index (χ3v) is 5.11. The van der Waals surface area contributed by atoms with Crippen molar-refractivity contribution in [2.75, 3.05) is 60.0 Å².